The summed E-state index contributed by atoms with van der Waals surface area (Å²) < 4.78 is 0. The molecule has 0 saturated heterocycles. The zero-order chi connectivity index (χ0) is 13.6. The standard InChI is InChI=1S/C17H28O/c1-13-7-11-17(5)15(2,3)9-6-10-16(17,4)14(13)8-12-18/h12H,6-11H2,1-5H3/t16-,17+/m1/s1. The molecule has 1 fully saturated rings. The molecule has 0 N–H and O–H groups in total. The Hall–Kier alpha value is -0.590. The van der Waals surface area contributed by atoms with Gasteiger partial charge in [-0.05, 0) is 48.9 Å². The fraction of sp³-hybridized carbons (Fsp3) is 0.824. The third-order valence-corrected chi connectivity index (χ3v) is 6.66. The van der Waals surface area contributed by atoms with Crippen molar-refractivity contribution in [2.45, 2.75) is 73.1 Å². The molecule has 1 heteroatoms. The summed E-state index contributed by atoms with van der Waals surface area (Å²) in [5.41, 5.74) is 3.90. The molecule has 0 aliphatic heterocycles. The molecule has 2 aliphatic carbocycles. The van der Waals surface area contributed by atoms with Crippen LogP contribution in [0.1, 0.15) is 73.1 Å². The van der Waals surface area contributed by atoms with E-state index in [1.54, 1.807) is 0 Å². The SMILES string of the molecule is CC1=C(CC=O)[C@@]2(C)CCCC(C)(C)[C@]2(C)CC1. The first kappa shape index (κ1) is 13.8. The highest BCUT2D eigenvalue weighted by molar-refractivity contribution is 5.56. The monoisotopic (exact) mass is 248 g/mol. The van der Waals surface area contributed by atoms with Crippen molar-refractivity contribution >= 4 is 6.29 Å². The molecular formula is C17H28O. The van der Waals surface area contributed by atoms with Crippen molar-refractivity contribution in [2.75, 3.05) is 0 Å². The topological polar surface area (TPSA) is 17.1 Å². The minimum absolute atomic E-state index is 0.234. The molecule has 0 aromatic heterocycles. The van der Waals surface area contributed by atoms with Gasteiger partial charge in [0.25, 0.3) is 0 Å². The molecule has 1 nitrogen and oxygen atoms in total. The molecule has 1 saturated carbocycles. The number of aldehydes is 1. The summed E-state index contributed by atoms with van der Waals surface area (Å²) in [7, 11) is 0. The molecule has 2 aliphatic rings. The summed E-state index contributed by atoms with van der Waals surface area (Å²) >= 11 is 0. The van der Waals surface area contributed by atoms with Crippen molar-refractivity contribution in [3.05, 3.63) is 11.1 Å². The Morgan fingerprint density at radius 2 is 1.78 bits per heavy atom. The number of hydrogen-bond acceptors (Lipinski definition) is 1. The number of carbonyl (C=O) groups excluding carboxylic acids is 1. The Kier molecular flexibility index (Phi) is 3.24. The van der Waals surface area contributed by atoms with Gasteiger partial charge >= 0.3 is 0 Å². The fourth-order valence-corrected chi connectivity index (χ4v) is 4.82. The van der Waals surface area contributed by atoms with Gasteiger partial charge in [-0.1, -0.05) is 45.3 Å². The van der Waals surface area contributed by atoms with E-state index in [0.29, 0.717) is 17.3 Å². The molecule has 0 amide bonds. The van der Waals surface area contributed by atoms with E-state index in [1.807, 2.05) is 0 Å². The van der Waals surface area contributed by atoms with Gasteiger partial charge in [0.05, 0.1) is 0 Å². The summed E-state index contributed by atoms with van der Waals surface area (Å²) in [6.45, 7) is 12.0. The summed E-state index contributed by atoms with van der Waals surface area (Å²) in [5.74, 6) is 0. The Labute approximate surface area is 112 Å². The summed E-state index contributed by atoms with van der Waals surface area (Å²) in [4.78, 5) is 11.1. The van der Waals surface area contributed by atoms with E-state index in [0.717, 1.165) is 6.29 Å². The van der Waals surface area contributed by atoms with Crippen LogP contribution in [0.5, 0.6) is 0 Å². The molecule has 18 heavy (non-hydrogen) atoms. The fourth-order valence-electron chi connectivity index (χ4n) is 4.82. The molecule has 0 spiro atoms. The zero-order valence-electron chi connectivity index (χ0n) is 12.7. The van der Waals surface area contributed by atoms with E-state index in [4.69, 9.17) is 0 Å². The average Bonchev–Trinajstić information content (AvgIpc) is 2.28. The van der Waals surface area contributed by atoms with Gasteiger partial charge in [0.15, 0.2) is 0 Å². The number of carbonyl (C=O) groups is 1. The van der Waals surface area contributed by atoms with Gasteiger partial charge in [-0.15, -0.1) is 0 Å². The average molecular weight is 248 g/mol. The predicted molar refractivity (Wildman–Crippen MR) is 76.5 cm³/mol. The maximum atomic E-state index is 11.1. The van der Waals surface area contributed by atoms with Crippen LogP contribution in [0.15, 0.2) is 11.1 Å². The third kappa shape index (κ3) is 1.62. The lowest BCUT2D eigenvalue weighted by Crippen LogP contribution is -2.54. The van der Waals surface area contributed by atoms with Gasteiger partial charge < -0.3 is 4.79 Å². The molecule has 2 rings (SSSR count). The van der Waals surface area contributed by atoms with Crippen LogP contribution in [-0.2, 0) is 4.79 Å². The second-order valence-electron chi connectivity index (χ2n) is 7.53. The van der Waals surface area contributed by atoms with Crippen molar-refractivity contribution in [3.8, 4) is 0 Å². The van der Waals surface area contributed by atoms with Gasteiger partial charge in [-0.25, -0.2) is 0 Å². The van der Waals surface area contributed by atoms with Crippen molar-refractivity contribution in [1.29, 1.82) is 0 Å². The van der Waals surface area contributed by atoms with Crippen LogP contribution in [0.25, 0.3) is 0 Å². The Bertz CT molecular complexity index is 390. The van der Waals surface area contributed by atoms with Crippen molar-refractivity contribution in [3.63, 3.8) is 0 Å². The predicted octanol–water partition coefficient (Wildman–Crippen LogP) is 4.91. The lowest BCUT2D eigenvalue weighted by Gasteiger charge is -2.62. The van der Waals surface area contributed by atoms with E-state index in [-0.39, 0.29) is 5.41 Å². The van der Waals surface area contributed by atoms with Crippen LogP contribution < -0.4 is 0 Å². The van der Waals surface area contributed by atoms with Crippen LogP contribution in [0.3, 0.4) is 0 Å². The first-order valence-electron chi connectivity index (χ1n) is 7.41. The number of rotatable bonds is 2. The van der Waals surface area contributed by atoms with E-state index in [2.05, 4.69) is 34.6 Å². The van der Waals surface area contributed by atoms with E-state index in [9.17, 15) is 4.79 Å². The largest absolute Gasteiger partial charge is 0.303 e. The third-order valence-electron chi connectivity index (χ3n) is 6.66. The molecule has 0 aromatic rings. The van der Waals surface area contributed by atoms with Crippen LogP contribution in [-0.4, -0.2) is 6.29 Å². The summed E-state index contributed by atoms with van der Waals surface area (Å²) in [5, 5.41) is 0. The summed E-state index contributed by atoms with van der Waals surface area (Å²) in [6, 6.07) is 0. The first-order valence-corrected chi connectivity index (χ1v) is 7.41. The lowest BCUT2D eigenvalue weighted by molar-refractivity contribution is -0.109. The van der Waals surface area contributed by atoms with E-state index in [1.165, 1.54) is 43.3 Å². The second kappa shape index (κ2) is 4.21. The number of fused-ring (bicyclic) bond motifs is 1. The molecule has 0 unspecified atom stereocenters. The zero-order valence-corrected chi connectivity index (χ0v) is 12.7. The van der Waals surface area contributed by atoms with Crippen LogP contribution in [0.2, 0.25) is 0 Å². The highest BCUT2D eigenvalue weighted by Gasteiger charge is 2.58. The Balaban J connectivity index is 2.54. The van der Waals surface area contributed by atoms with Crippen LogP contribution in [0.4, 0.5) is 0 Å². The van der Waals surface area contributed by atoms with E-state index < -0.39 is 0 Å². The molecule has 0 radical (unpaired) electrons. The molecule has 0 bridgehead atoms. The molecule has 102 valence electrons. The first-order chi connectivity index (χ1) is 8.28. The van der Waals surface area contributed by atoms with Gasteiger partial charge in [0.1, 0.15) is 6.29 Å². The normalized spacial score (nSPS) is 39.4. The minimum Gasteiger partial charge on any atom is -0.303 e. The van der Waals surface area contributed by atoms with Gasteiger partial charge in [-0.2, -0.15) is 0 Å². The Morgan fingerprint density at radius 1 is 1.11 bits per heavy atom. The molecular weight excluding hydrogens is 220 g/mol. The quantitative estimate of drug-likeness (QED) is 0.501. The highest BCUT2D eigenvalue weighted by Crippen LogP contribution is 2.67. The lowest BCUT2D eigenvalue weighted by atomic mass is 9.42. The highest BCUT2D eigenvalue weighted by atomic mass is 16.1. The number of allylic oxidation sites excluding steroid dienone is 2. The van der Waals surface area contributed by atoms with Gasteiger partial charge in [-0.3, -0.25) is 0 Å². The maximum Gasteiger partial charge on any atom is 0.124 e. The van der Waals surface area contributed by atoms with Gasteiger partial charge in [0, 0.05) is 6.42 Å². The second-order valence-corrected chi connectivity index (χ2v) is 7.53. The smallest absolute Gasteiger partial charge is 0.124 e. The molecule has 0 heterocycles. The van der Waals surface area contributed by atoms with E-state index >= 15 is 0 Å². The van der Waals surface area contributed by atoms with Crippen LogP contribution in [0, 0.1) is 16.2 Å². The number of hydrogen-bond donors (Lipinski definition) is 0. The molecule has 2 atom stereocenters. The summed E-state index contributed by atoms with van der Waals surface area (Å²) in [6.07, 6.45) is 8.10. The van der Waals surface area contributed by atoms with Crippen molar-refractivity contribution in [1.82, 2.24) is 0 Å². The van der Waals surface area contributed by atoms with Gasteiger partial charge in [0.2, 0.25) is 0 Å². The van der Waals surface area contributed by atoms with Crippen LogP contribution >= 0.6 is 0 Å². The minimum atomic E-state index is 0.234. The molecule has 0 aromatic carbocycles. The van der Waals surface area contributed by atoms with Crippen molar-refractivity contribution in [2.24, 2.45) is 16.2 Å². The Morgan fingerprint density at radius 3 is 2.39 bits per heavy atom. The maximum absolute atomic E-state index is 11.1. The van der Waals surface area contributed by atoms with Crippen molar-refractivity contribution < 1.29 is 4.79 Å².